The molecule has 1 fully saturated rings. The van der Waals surface area contributed by atoms with Crippen LogP contribution in [-0.4, -0.2) is 6.04 Å². The Labute approximate surface area is 132 Å². The monoisotopic (exact) mass is 337 g/mol. The predicted molar refractivity (Wildman–Crippen MR) is 90.7 cm³/mol. The maximum absolute atomic E-state index is 6.47. The van der Waals surface area contributed by atoms with E-state index in [1.54, 1.807) is 0 Å². The van der Waals surface area contributed by atoms with Crippen LogP contribution in [0.25, 0.3) is 0 Å². The lowest BCUT2D eigenvalue weighted by Gasteiger charge is -2.38. The van der Waals surface area contributed by atoms with Crippen LogP contribution in [0.2, 0.25) is 0 Å². The Hall–Kier alpha value is -0.340. The normalized spacial score (nSPS) is 25.4. The summed E-state index contributed by atoms with van der Waals surface area (Å²) in [7, 11) is 0. The van der Waals surface area contributed by atoms with Gasteiger partial charge in [-0.25, -0.2) is 0 Å². The van der Waals surface area contributed by atoms with Crippen molar-refractivity contribution in [3.63, 3.8) is 0 Å². The number of nitrogens with two attached hydrogens (primary N) is 1. The van der Waals surface area contributed by atoms with Crippen LogP contribution in [0.15, 0.2) is 28.7 Å². The lowest BCUT2D eigenvalue weighted by atomic mass is 9.68. The van der Waals surface area contributed by atoms with Gasteiger partial charge in [-0.2, -0.15) is 0 Å². The minimum Gasteiger partial charge on any atom is -0.327 e. The zero-order chi connectivity index (χ0) is 14.8. The first-order valence-electron chi connectivity index (χ1n) is 7.86. The lowest BCUT2D eigenvalue weighted by Crippen LogP contribution is -2.36. The van der Waals surface area contributed by atoms with Crippen molar-refractivity contribution in [3.05, 3.63) is 34.3 Å². The molecule has 0 heterocycles. The molecule has 1 aliphatic rings. The largest absolute Gasteiger partial charge is 0.327 e. The smallest absolute Gasteiger partial charge is 0.0178 e. The van der Waals surface area contributed by atoms with Gasteiger partial charge in [0.1, 0.15) is 0 Å². The molecule has 0 saturated heterocycles. The van der Waals surface area contributed by atoms with Crippen molar-refractivity contribution in [2.75, 3.05) is 0 Å². The minimum absolute atomic E-state index is 0.310. The summed E-state index contributed by atoms with van der Waals surface area (Å²) in [5.74, 6) is 1.57. The van der Waals surface area contributed by atoms with Crippen molar-refractivity contribution >= 4 is 15.9 Å². The Morgan fingerprint density at radius 2 is 1.85 bits per heavy atom. The zero-order valence-electron chi connectivity index (χ0n) is 13.0. The van der Waals surface area contributed by atoms with E-state index in [1.807, 2.05) is 0 Å². The first-order valence-corrected chi connectivity index (χ1v) is 8.65. The highest BCUT2D eigenvalue weighted by atomic mass is 79.9. The first-order chi connectivity index (χ1) is 9.36. The van der Waals surface area contributed by atoms with Crippen LogP contribution < -0.4 is 5.73 Å². The van der Waals surface area contributed by atoms with Gasteiger partial charge in [-0.05, 0) is 67.1 Å². The second-order valence-corrected chi connectivity index (χ2v) is 8.39. The molecule has 1 aliphatic carbocycles. The Kier molecular flexibility index (Phi) is 5.30. The van der Waals surface area contributed by atoms with Crippen LogP contribution in [0.5, 0.6) is 0 Å². The molecular formula is C18H28BrN. The second kappa shape index (κ2) is 6.62. The molecule has 0 radical (unpaired) electrons. The summed E-state index contributed by atoms with van der Waals surface area (Å²) < 4.78 is 1.15. The highest BCUT2D eigenvalue weighted by Crippen LogP contribution is 2.40. The quantitative estimate of drug-likeness (QED) is 0.808. The van der Waals surface area contributed by atoms with E-state index in [0.29, 0.717) is 17.4 Å². The molecule has 1 atom stereocenters. The number of rotatable bonds is 3. The third-order valence-electron chi connectivity index (χ3n) is 4.96. The SMILES string of the molecule is CC(C)(C)C1CCC(C(N)Cc2cccc(Br)c2)CC1. The van der Waals surface area contributed by atoms with Crippen LogP contribution in [-0.2, 0) is 6.42 Å². The Morgan fingerprint density at radius 3 is 2.40 bits per heavy atom. The molecule has 1 unspecified atom stereocenters. The summed E-state index contributed by atoms with van der Waals surface area (Å²) in [6.45, 7) is 7.12. The molecule has 1 nitrogen and oxygen atoms in total. The number of hydrogen-bond donors (Lipinski definition) is 1. The molecule has 1 aromatic carbocycles. The molecule has 1 saturated carbocycles. The summed E-state index contributed by atoms with van der Waals surface area (Å²) in [5.41, 5.74) is 8.28. The molecule has 0 amide bonds. The van der Waals surface area contributed by atoms with Gasteiger partial charge in [0.25, 0.3) is 0 Å². The number of benzene rings is 1. The van der Waals surface area contributed by atoms with Crippen LogP contribution >= 0.6 is 15.9 Å². The van der Waals surface area contributed by atoms with Gasteiger partial charge in [-0.3, -0.25) is 0 Å². The van der Waals surface area contributed by atoms with Crippen molar-refractivity contribution in [2.45, 2.75) is 58.9 Å². The summed E-state index contributed by atoms with van der Waals surface area (Å²) in [5, 5.41) is 0. The first kappa shape index (κ1) is 16.0. The van der Waals surface area contributed by atoms with Gasteiger partial charge in [0.2, 0.25) is 0 Å². The molecule has 2 rings (SSSR count). The van der Waals surface area contributed by atoms with Crippen molar-refractivity contribution < 1.29 is 0 Å². The van der Waals surface area contributed by atoms with E-state index in [0.717, 1.165) is 16.8 Å². The van der Waals surface area contributed by atoms with Gasteiger partial charge < -0.3 is 5.73 Å². The third-order valence-corrected chi connectivity index (χ3v) is 5.46. The van der Waals surface area contributed by atoms with E-state index in [1.165, 1.54) is 31.2 Å². The van der Waals surface area contributed by atoms with E-state index < -0.39 is 0 Å². The van der Waals surface area contributed by atoms with E-state index in [9.17, 15) is 0 Å². The highest BCUT2D eigenvalue weighted by molar-refractivity contribution is 9.10. The molecule has 2 N–H and O–H groups in total. The van der Waals surface area contributed by atoms with Crippen LogP contribution in [0.1, 0.15) is 52.0 Å². The molecule has 0 aromatic heterocycles. The minimum atomic E-state index is 0.310. The molecule has 0 spiro atoms. The molecule has 1 aromatic rings. The van der Waals surface area contributed by atoms with Crippen LogP contribution in [0, 0.1) is 17.3 Å². The Balaban J connectivity index is 1.87. The van der Waals surface area contributed by atoms with Gasteiger partial charge in [0.05, 0.1) is 0 Å². The highest BCUT2D eigenvalue weighted by Gasteiger charge is 2.31. The van der Waals surface area contributed by atoms with Gasteiger partial charge in [-0.15, -0.1) is 0 Å². The van der Waals surface area contributed by atoms with Crippen molar-refractivity contribution in [3.8, 4) is 0 Å². The fourth-order valence-corrected chi connectivity index (χ4v) is 3.96. The summed E-state index contributed by atoms with van der Waals surface area (Å²) in [6, 6.07) is 8.86. The summed E-state index contributed by atoms with van der Waals surface area (Å²) in [6.07, 6.45) is 6.30. The molecule has 20 heavy (non-hydrogen) atoms. The van der Waals surface area contributed by atoms with Gasteiger partial charge in [0, 0.05) is 10.5 Å². The van der Waals surface area contributed by atoms with Crippen molar-refractivity contribution in [1.82, 2.24) is 0 Å². The average molecular weight is 338 g/mol. The fourth-order valence-electron chi connectivity index (χ4n) is 3.52. The topological polar surface area (TPSA) is 26.0 Å². The zero-order valence-corrected chi connectivity index (χ0v) is 14.6. The number of hydrogen-bond acceptors (Lipinski definition) is 1. The summed E-state index contributed by atoms with van der Waals surface area (Å²) in [4.78, 5) is 0. The maximum Gasteiger partial charge on any atom is 0.0178 e. The van der Waals surface area contributed by atoms with Crippen LogP contribution in [0.3, 0.4) is 0 Å². The predicted octanol–water partition coefficient (Wildman–Crippen LogP) is 5.17. The van der Waals surface area contributed by atoms with E-state index in [4.69, 9.17) is 5.73 Å². The molecule has 112 valence electrons. The number of halogens is 1. The molecule has 0 aliphatic heterocycles. The fraction of sp³-hybridized carbons (Fsp3) is 0.667. The van der Waals surface area contributed by atoms with Crippen molar-refractivity contribution in [1.29, 1.82) is 0 Å². The Bertz CT molecular complexity index is 427. The Morgan fingerprint density at radius 1 is 1.20 bits per heavy atom. The average Bonchev–Trinajstić information content (AvgIpc) is 2.38. The lowest BCUT2D eigenvalue weighted by molar-refractivity contribution is 0.139. The van der Waals surface area contributed by atoms with Gasteiger partial charge in [-0.1, -0.05) is 48.8 Å². The van der Waals surface area contributed by atoms with Crippen LogP contribution in [0.4, 0.5) is 0 Å². The molecule has 0 bridgehead atoms. The molecule has 2 heteroatoms. The van der Waals surface area contributed by atoms with Gasteiger partial charge >= 0.3 is 0 Å². The maximum atomic E-state index is 6.47. The van der Waals surface area contributed by atoms with E-state index in [-0.39, 0.29) is 0 Å². The van der Waals surface area contributed by atoms with Gasteiger partial charge in [0.15, 0.2) is 0 Å². The van der Waals surface area contributed by atoms with Crippen molar-refractivity contribution in [2.24, 2.45) is 23.0 Å². The second-order valence-electron chi connectivity index (χ2n) is 7.48. The van der Waals surface area contributed by atoms with E-state index in [2.05, 4.69) is 61.0 Å². The third kappa shape index (κ3) is 4.33. The standard InChI is InChI=1S/C18H28BrN/c1-18(2,3)15-9-7-14(8-10-15)17(20)12-13-5-4-6-16(19)11-13/h4-6,11,14-15,17H,7-10,12,20H2,1-3H3. The molecular weight excluding hydrogens is 310 g/mol. The summed E-state index contributed by atoms with van der Waals surface area (Å²) >= 11 is 3.54. The van der Waals surface area contributed by atoms with E-state index >= 15 is 0 Å².